The Balaban J connectivity index is 2.91. The van der Waals surface area contributed by atoms with Gasteiger partial charge in [0.15, 0.2) is 5.82 Å². The van der Waals surface area contributed by atoms with Gasteiger partial charge in [-0.3, -0.25) is 0 Å². The molecule has 0 aliphatic carbocycles. The van der Waals surface area contributed by atoms with Gasteiger partial charge in [0.2, 0.25) is 0 Å². The van der Waals surface area contributed by atoms with E-state index in [1.165, 1.54) is 0 Å². The predicted molar refractivity (Wildman–Crippen MR) is 59.4 cm³/mol. The van der Waals surface area contributed by atoms with E-state index in [-0.39, 0.29) is 12.1 Å². The van der Waals surface area contributed by atoms with Gasteiger partial charge in [-0.15, -0.1) is 0 Å². The molecule has 2 atom stereocenters. The summed E-state index contributed by atoms with van der Waals surface area (Å²) in [6.07, 6.45) is 1.73. The molecule has 2 N–H and O–H groups in total. The van der Waals surface area contributed by atoms with E-state index in [1.807, 2.05) is 27.7 Å². The molecular weight excluding hydrogens is 190 g/mol. The fraction of sp³-hybridized carbons (Fsp3) is 0.636. The molecule has 0 radical (unpaired) electrons. The number of rotatable bonds is 4. The smallest absolute Gasteiger partial charge is 0.157 e. The summed E-state index contributed by atoms with van der Waals surface area (Å²) in [5.41, 5.74) is 7.71. The highest BCUT2D eigenvalue weighted by atomic mass is 16.5. The first-order valence-electron chi connectivity index (χ1n) is 5.26. The van der Waals surface area contributed by atoms with Crippen LogP contribution < -0.4 is 5.73 Å². The van der Waals surface area contributed by atoms with Crippen LogP contribution in [0.25, 0.3) is 0 Å². The molecule has 4 nitrogen and oxygen atoms in total. The van der Waals surface area contributed by atoms with Crippen LogP contribution in [0.15, 0.2) is 6.20 Å². The van der Waals surface area contributed by atoms with Gasteiger partial charge in [-0.1, -0.05) is 0 Å². The van der Waals surface area contributed by atoms with Crippen LogP contribution in [0.5, 0.6) is 0 Å². The highest BCUT2D eigenvalue weighted by Crippen LogP contribution is 2.16. The van der Waals surface area contributed by atoms with Gasteiger partial charge in [-0.25, -0.2) is 9.97 Å². The number of nitrogens with zero attached hydrogens (tertiary/aromatic N) is 2. The predicted octanol–water partition coefficient (Wildman–Crippen LogP) is 1.90. The standard InChI is InChI=1S/C11H19N3O/c1-5-15-9(4)11-13-6-10(7(2)12)8(3)14-11/h6-7,9H,5,12H2,1-4H3/t7-,9?/m1/s1. The van der Waals surface area contributed by atoms with E-state index in [2.05, 4.69) is 9.97 Å². The van der Waals surface area contributed by atoms with Crippen LogP contribution in [0.3, 0.4) is 0 Å². The second-order valence-electron chi connectivity index (χ2n) is 3.66. The zero-order chi connectivity index (χ0) is 11.4. The van der Waals surface area contributed by atoms with E-state index in [0.29, 0.717) is 6.61 Å². The van der Waals surface area contributed by atoms with E-state index >= 15 is 0 Å². The third-order valence-electron chi connectivity index (χ3n) is 2.31. The molecule has 1 unspecified atom stereocenters. The van der Waals surface area contributed by atoms with Crippen molar-refractivity contribution >= 4 is 0 Å². The maximum absolute atomic E-state index is 5.79. The van der Waals surface area contributed by atoms with Gasteiger partial charge in [0.1, 0.15) is 6.10 Å². The normalized spacial score (nSPS) is 15.0. The van der Waals surface area contributed by atoms with Crippen LogP contribution in [0.1, 0.15) is 50.0 Å². The topological polar surface area (TPSA) is 61.0 Å². The van der Waals surface area contributed by atoms with Crippen molar-refractivity contribution in [3.8, 4) is 0 Å². The number of hydrogen-bond donors (Lipinski definition) is 1. The highest BCUT2D eigenvalue weighted by molar-refractivity contribution is 5.19. The first-order chi connectivity index (χ1) is 7.06. The molecule has 1 heterocycles. The minimum absolute atomic E-state index is 0.0264. The van der Waals surface area contributed by atoms with Crippen LogP contribution in [-0.2, 0) is 4.74 Å². The summed E-state index contributed by atoms with van der Waals surface area (Å²) in [7, 11) is 0. The molecule has 1 aromatic heterocycles. The summed E-state index contributed by atoms with van der Waals surface area (Å²) in [6.45, 7) is 8.45. The molecule has 84 valence electrons. The largest absolute Gasteiger partial charge is 0.371 e. The third-order valence-corrected chi connectivity index (χ3v) is 2.31. The van der Waals surface area contributed by atoms with E-state index in [9.17, 15) is 0 Å². The first kappa shape index (κ1) is 12.1. The molecule has 0 aliphatic heterocycles. The molecule has 15 heavy (non-hydrogen) atoms. The van der Waals surface area contributed by atoms with E-state index in [4.69, 9.17) is 10.5 Å². The van der Waals surface area contributed by atoms with Crippen molar-refractivity contribution in [3.63, 3.8) is 0 Å². The Labute approximate surface area is 90.9 Å². The van der Waals surface area contributed by atoms with Crippen LogP contribution in [0.2, 0.25) is 0 Å². The number of hydrogen-bond acceptors (Lipinski definition) is 4. The molecule has 0 bridgehead atoms. The summed E-state index contributed by atoms with van der Waals surface area (Å²) in [6, 6.07) is -0.0264. The van der Waals surface area contributed by atoms with E-state index < -0.39 is 0 Å². The average molecular weight is 209 g/mol. The van der Waals surface area contributed by atoms with Crippen molar-refractivity contribution in [2.24, 2.45) is 5.73 Å². The van der Waals surface area contributed by atoms with Crippen molar-refractivity contribution in [2.45, 2.75) is 39.8 Å². The molecule has 0 amide bonds. The summed E-state index contributed by atoms with van der Waals surface area (Å²) in [5, 5.41) is 0. The van der Waals surface area contributed by atoms with Crippen molar-refractivity contribution in [2.75, 3.05) is 6.61 Å². The monoisotopic (exact) mass is 209 g/mol. The summed E-state index contributed by atoms with van der Waals surface area (Å²) in [5.74, 6) is 0.721. The van der Waals surface area contributed by atoms with Crippen LogP contribution >= 0.6 is 0 Å². The lowest BCUT2D eigenvalue weighted by atomic mass is 10.1. The Morgan fingerprint density at radius 1 is 1.47 bits per heavy atom. The fourth-order valence-corrected chi connectivity index (χ4v) is 1.46. The molecule has 1 aromatic rings. The molecule has 0 spiro atoms. The molecule has 0 fully saturated rings. The molecule has 0 aromatic carbocycles. The maximum atomic E-state index is 5.79. The number of aromatic nitrogens is 2. The molecule has 0 aliphatic rings. The number of aryl methyl sites for hydroxylation is 1. The van der Waals surface area contributed by atoms with Gasteiger partial charge < -0.3 is 10.5 Å². The van der Waals surface area contributed by atoms with E-state index in [0.717, 1.165) is 17.1 Å². The Bertz CT molecular complexity index is 326. The Morgan fingerprint density at radius 3 is 2.60 bits per heavy atom. The summed E-state index contributed by atoms with van der Waals surface area (Å²) < 4.78 is 5.43. The van der Waals surface area contributed by atoms with Gasteiger partial charge in [0.25, 0.3) is 0 Å². The maximum Gasteiger partial charge on any atom is 0.157 e. The first-order valence-corrected chi connectivity index (χ1v) is 5.26. The SMILES string of the molecule is CCOC(C)c1ncc([C@@H](C)N)c(C)n1. The van der Waals surface area contributed by atoms with Gasteiger partial charge >= 0.3 is 0 Å². The van der Waals surface area contributed by atoms with E-state index in [1.54, 1.807) is 6.20 Å². The minimum atomic E-state index is -0.0594. The van der Waals surface area contributed by atoms with Gasteiger partial charge in [-0.2, -0.15) is 0 Å². The zero-order valence-corrected chi connectivity index (χ0v) is 9.82. The highest BCUT2D eigenvalue weighted by Gasteiger charge is 2.11. The Hall–Kier alpha value is -1.00. The Kier molecular flexibility index (Phi) is 4.17. The third kappa shape index (κ3) is 2.97. The summed E-state index contributed by atoms with van der Waals surface area (Å²) in [4.78, 5) is 8.66. The number of ether oxygens (including phenoxy) is 1. The molecule has 0 saturated carbocycles. The molecule has 1 rings (SSSR count). The van der Waals surface area contributed by atoms with Crippen molar-refractivity contribution in [1.29, 1.82) is 0 Å². The second-order valence-corrected chi connectivity index (χ2v) is 3.66. The van der Waals surface area contributed by atoms with Crippen LogP contribution in [0, 0.1) is 6.92 Å². The van der Waals surface area contributed by atoms with Crippen molar-refractivity contribution in [1.82, 2.24) is 9.97 Å². The quantitative estimate of drug-likeness (QED) is 0.822. The van der Waals surface area contributed by atoms with Gasteiger partial charge in [0.05, 0.1) is 0 Å². The van der Waals surface area contributed by atoms with Gasteiger partial charge in [-0.05, 0) is 27.7 Å². The van der Waals surface area contributed by atoms with Crippen LogP contribution in [0.4, 0.5) is 0 Å². The van der Waals surface area contributed by atoms with Crippen molar-refractivity contribution in [3.05, 3.63) is 23.3 Å². The summed E-state index contributed by atoms with van der Waals surface area (Å²) >= 11 is 0. The second kappa shape index (κ2) is 5.19. The molecular formula is C11H19N3O. The zero-order valence-electron chi connectivity index (χ0n) is 9.82. The molecule has 4 heteroatoms. The number of nitrogens with two attached hydrogens (primary N) is 1. The van der Waals surface area contributed by atoms with Crippen molar-refractivity contribution < 1.29 is 4.74 Å². The lowest BCUT2D eigenvalue weighted by Crippen LogP contribution is -2.12. The minimum Gasteiger partial charge on any atom is -0.371 e. The Morgan fingerprint density at radius 2 is 2.13 bits per heavy atom. The van der Waals surface area contributed by atoms with Crippen LogP contribution in [-0.4, -0.2) is 16.6 Å². The fourth-order valence-electron chi connectivity index (χ4n) is 1.46. The lowest BCUT2D eigenvalue weighted by Gasteiger charge is -2.13. The lowest BCUT2D eigenvalue weighted by molar-refractivity contribution is 0.0698. The molecule has 0 saturated heterocycles. The average Bonchev–Trinajstić information content (AvgIpc) is 2.17. The van der Waals surface area contributed by atoms with Gasteiger partial charge in [0, 0.05) is 30.1 Å².